The number of aliphatic hydroxyl groups is 2. The summed E-state index contributed by atoms with van der Waals surface area (Å²) < 4.78 is 0. The van der Waals surface area contributed by atoms with E-state index in [1.165, 1.54) is 37.4 Å². The molecular formula is C24H42N4O9S. The first-order chi connectivity index (χ1) is 17.8. The van der Waals surface area contributed by atoms with E-state index in [4.69, 9.17) is 20.4 Å². The fourth-order valence-corrected chi connectivity index (χ4v) is 4.76. The number of likely N-dealkylation sites (N-methyl/N-ethyl adjacent to an activating group) is 1. The Kier molecular flexibility index (Phi) is 15.2. The standard InChI is InChI=1S/C20H36N4O3S.C4H6O6/c1-16(19(26)23-12-10-22(3)11-13-23)21-20(27)24(14-15-28-17(2)25)9-8-18-6-4-5-7-18;5-1(3(7)8)2(6)4(9)10/h16,18H,4-15H2,1-3H3,(H,21,27);1-2,5-6H,(H,7,8)(H,9,10)/t16-;1-,2-/m01/s1. The van der Waals surface area contributed by atoms with Crippen LogP contribution in [0.1, 0.15) is 46.0 Å². The fourth-order valence-electron chi connectivity index (χ4n) is 4.16. The molecule has 2 rings (SSSR count). The van der Waals surface area contributed by atoms with Crippen molar-refractivity contribution in [2.24, 2.45) is 5.92 Å². The van der Waals surface area contributed by atoms with Crippen molar-refractivity contribution in [1.29, 1.82) is 0 Å². The molecule has 1 saturated heterocycles. The highest BCUT2D eigenvalue weighted by molar-refractivity contribution is 8.13. The highest BCUT2D eigenvalue weighted by atomic mass is 32.2. The van der Waals surface area contributed by atoms with Crippen LogP contribution in [0.2, 0.25) is 0 Å². The molecule has 5 N–H and O–H groups in total. The summed E-state index contributed by atoms with van der Waals surface area (Å²) >= 11 is 1.24. The molecule has 3 amide bonds. The second kappa shape index (κ2) is 17.2. The highest BCUT2D eigenvalue weighted by Crippen LogP contribution is 2.27. The van der Waals surface area contributed by atoms with Gasteiger partial charge in [-0.15, -0.1) is 0 Å². The number of thioether (sulfide) groups is 1. The maximum absolute atomic E-state index is 12.8. The van der Waals surface area contributed by atoms with Crippen molar-refractivity contribution in [3.8, 4) is 0 Å². The molecule has 13 nitrogen and oxygen atoms in total. The number of carboxylic acids is 2. The number of aliphatic carboxylic acids is 2. The number of piperazine rings is 1. The maximum Gasteiger partial charge on any atom is 0.335 e. The zero-order chi connectivity index (χ0) is 28.8. The minimum absolute atomic E-state index is 0.0182. The number of carbonyl (C=O) groups excluding carboxylic acids is 3. The summed E-state index contributed by atoms with van der Waals surface area (Å²) in [5.74, 6) is -2.27. The third-order valence-corrected chi connectivity index (χ3v) is 7.36. The molecule has 218 valence electrons. The number of hydrogen-bond donors (Lipinski definition) is 5. The number of carbonyl (C=O) groups is 5. The van der Waals surface area contributed by atoms with E-state index >= 15 is 0 Å². The van der Waals surface area contributed by atoms with Crippen LogP contribution < -0.4 is 5.32 Å². The first-order valence-electron chi connectivity index (χ1n) is 12.8. The molecule has 0 spiro atoms. The van der Waals surface area contributed by atoms with E-state index in [2.05, 4.69) is 10.2 Å². The zero-order valence-electron chi connectivity index (χ0n) is 22.4. The summed E-state index contributed by atoms with van der Waals surface area (Å²) in [5, 5.41) is 35.5. The van der Waals surface area contributed by atoms with Gasteiger partial charge in [0.1, 0.15) is 6.04 Å². The highest BCUT2D eigenvalue weighted by Gasteiger charge is 2.29. The van der Waals surface area contributed by atoms with Gasteiger partial charge >= 0.3 is 18.0 Å². The van der Waals surface area contributed by atoms with Crippen LogP contribution in [0.25, 0.3) is 0 Å². The average Bonchev–Trinajstić information content (AvgIpc) is 3.38. The number of nitrogens with one attached hydrogen (secondary N) is 1. The van der Waals surface area contributed by atoms with Crippen molar-refractivity contribution in [1.82, 2.24) is 20.0 Å². The first-order valence-corrected chi connectivity index (χ1v) is 13.8. The molecule has 3 atom stereocenters. The number of nitrogens with zero attached hydrogens (tertiary/aromatic N) is 3. The Bertz CT molecular complexity index is 784. The van der Waals surface area contributed by atoms with Crippen LogP contribution in [0.4, 0.5) is 4.79 Å². The number of hydrogen-bond acceptors (Lipinski definition) is 9. The van der Waals surface area contributed by atoms with E-state index in [1.807, 2.05) is 11.9 Å². The second-order valence-corrected chi connectivity index (χ2v) is 10.9. The van der Waals surface area contributed by atoms with Crippen LogP contribution in [0.3, 0.4) is 0 Å². The molecule has 0 unspecified atom stereocenters. The lowest BCUT2D eigenvalue weighted by Gasteiger charge is -2.34. The van der Waals surface area contributed by atoms with E-state index < -0.39 is 30.2 Å². The van der Waals surface area contributed by atoms with Crippen LogP contribution in [0.5, 0.6) is 0 Å². The predicted octanol–water partition coefficient (Wildman–Crippen LogP) is -0.102. The van der Waals surface area contributed by atoms with Crippen LogP contribution in [-0.4, -0.2) is 134 Å². The Morgan fingerprint density at radius 3 is 1.95 bits per heavy atom. The fraction of sp³-hybridized carbons (Fsp3) is 0.792. The van der Waals surface area contributed by atoms with Gasteiger partial charge in [-0.2, -0.15) is 0 Å². The van der Waals surface area contributed by atoms with Gasteiger partial charge in [-0.05, 0) is 26.3 Å². The van der Waals surface area contributed by atoms with Gasteiger partial charge in [0.25, 0.3) is 0 Å². The summed E-state index contributed by atoms with van der Waals surface area (Å²) in [6.07, 6.45) is 1.53. The van der Waals surface area contributed by atoms with Crippen LogP contribution in [-0.2, 0) is 19.2 Å². The average molecular weight is 563 g/mol. The van der Waals surface area contributed by atoms with Gasteiger partial charge in [0.2, 0.25) is 5.91 Å². The number of carboxylic acid groups (broad SMARTS) is 2. The van der Waals surface area contributed by atoms with Gasteiger partial charge in [-0.1, -0.05) is 37.4 Å². The Morgan fingerprint density at radius 1 is 0.947 bits per heavy atom. The number of rotatable bonds is 11. The van der Waals surface area contributed by atoms with Crippen LogP contribution >= 0.6 is 11.8 Å². The van der Waals surface area contributed by atoms with E-state index in [0.29, 0.717) is 37.8 Å². The third kappa shape index (κ3) is 12.4. The lowest BCUT2D eigenvalue weighted by molar-refractivity contribution is -0.165. The molecule has 0 aromatic carbocycles. The Balaban J connectivity index is 0.000000612. The third-order valence-electron chi connectivity index (χ3n) is 6.57. The molecule has 1 saturated carbocycles. The van der Waals surface area contributed by atoms with Crippen molar-refractivity contribution in [2.75, 3.05) is 52.1 Å². The molecule has 2 fully saturated rings. The maximum atomic E-state index is 12.8. The summed E-state index contributed by atoms with van der Waals surface area (Å²) in [7, 11) is 2.05. The summed E-state index contributed by atoms with van der Waals surface area (Å²) in [6, 6.07) is -0.734. The molecule has 1 aliphatic heterocycles. The monoisotopic (exact) mass is 562 g/mol. The molecule has 14 heteroatoms. The molecule has 0 radical (unpaired) electrons. The van der Waals surface area contributed by atoms with Gasteiger partial charge in [-0.25, -0.2) is 14.4 Å². The normalized spacial score (nSPS) is 18.5. The van der Waals surface area contributed by atoms with Gasteiger partial charge in [0.05, 0.1) is 0 Å². The smallest absolute Gasteiger partial charge is 0.335 e. The molecule has 38 heavy (non-hydrogen) atoms. The number of amides is 3. The first kappa shape index (κ1) is 33.6. The number of urea groups is 1. The summed E-state index contributed by atoms with van der Waals surface area (Å²) in [4.78, 5) is 62.0. The van der Waals surface area contributed by atoms with Crippen molar-refractivity contribution in [3.05, 3.63) is 0 Å². The minimum Gasteiger partial charge on any atom is -0.479 e. The van der Waals surface area contributed by atoms with Gasteiger partial charge in [0.15, 0.2) is 17.3 Å². The lowest BCUT2D eigenvalue weighted by atomic mass is 10.0. The van der Waals surface area contributed by atoms with Crippen molar-refractivity contribution in [3.63, 3.8) is 0 Å². The number of aliphatic hydroxyl groups excluding tert-OH is 2. The van der Waals surface area contributed by atoms with Gasteiger partial charge in [0, 0.05) is 51.9 Å². The Labute approximate surface area is 227 Å². The largest absolute Gasteiger partial charge is 0.479 e. The van der Waals surface area contributed by atoms with Crippen molar-refractivity contribution < 1.29 is 44.4 Å². The van der Waals surface area contributed by atoms with Gasteiger partial charge < -0.3 is 40.4 Å². The quantitative estimate of drug-likeness (QED) is 0.226. The van der Waals surface area contributed by atoms with Crippen LogP contribution in [0, 0.1) is 5.92 Å². The molecular weight excluding hydrogens is 520 g/mol. The van der Waals surface area contributed by atoms with E-state index in [1.54, 1.807) is 18.7 Å². The molecule has 0 bridgehead atoms. The lowest BCUT2D eigenvalue weighted by Crippen LogP contribution is -2.55. The Hall–Kier alpha value is -2.42. The molecule has 2 aliphatic rings. The summed E-state index contributed by atoms with van der Waals surface area (Å²) in [5.41, 5.74) is 0. The second-order valence-electron chi connectivity index (χ2n) is 9.63. The minimum atomic E-state index is -2.27. The van der Waals surface area contributed by atoms with Crippen molar-refractivity contribution in [2.45, 2.75) is 64.2 Å². The van der Waals surface area contributed by atoms with Crippen LogP contribution in [0.15, 0.2) is 0 Å². The molecule has 1 heterocycles. The predicted molar refractivity (Wildman–Crippen MR) is 141 cm³/mol. The zero-order valence-corrected chi connectivity index (χ0v) is 23.2. The van der Waals surface area contributed by atoms with E-state index in [0.717, 1.165) is 19.5 Å². The topological polar surface area (TPSA) is 188 Å². The Morgan fingerprint density at radius 2 is 1.47 bits per heavy atom. The SMILES string of the molecule is CC(=O)SCCN(CCC1CCCC1)C(=O)N[C@@H](C)C(=O)N1CCN(C)CC1.O=C(O)[C@H](O)[C@@H](O)C(=O)O. The molecule has 1 aliphatic carbocycles. The van der Waals surface area contributed by atoms with Gasteiger partial charge in [-0.3, -0.25) is 9.59 Å². The van der Waals surface area contributed by atoms with E-state index in [-0.39, 0.29) is 17.1 Å². The van der Waals surface area contributed by atoms with E-state index in [9.17, 15) is 24.0 Å². The van der Waals surface area contributed by atoms with Crippen molar-refractivity contribution >= 4 is 40.8 Å². The molecule has 0 aromatic rings. The summed E-state index contributed by atoms with van der Waals surface area (Å²) in [6.45, 7) is 7.65. The molecule has 0 aromatic heterocycles.